The Morgan fingerprint density at radius 1 is 1.30 bits per heavy atom. The predicted octanol–water partition coefficient (Wildman–Crippen LogP) is 2.97. The van der Waals surface area contributed by atoms with E-state index >= 15 is 0 Å². The van der Waals surface area contributed by atoms with Crippen molar-refractivity contribution in [3.63, 3.8) is 0 Å². The van der Waals surface area contributed by atoms with Gasteiger partial charge in [0, 0.05) is 17.4 Å². The normalized spacial score (nSPS) is 38.7. The smallest absolute Gasteiger partial charge is 0.350 e. The average Bonchev–Trinajstić information content (AvgIpc) is 2.87. The molecule has 126 valence electrons. The number of hydrogen-bond acceptors (Lipinski definition) is 2. The SMILES string of the molecule is O=C(Cc1ccn[nH]1)NC12C[C@H]3C[C@@H](C1)CC(C(F)(F)F)(C3)C2. The maximum Gasteiger partial charge on any atom is 0.394 e. The van der Waals surface area contributed by atoms with Gasteiger partial charge in [0.15, 0.2) is 0 Å². The van der Waals surface area contributed by atoms with Gasteiger partial charge in [0.25, 0.3) is 0 Å². The number of carbonyl (C=O) groups is 1. The number of nitrogens with one attached hydrogen (secondary N) is 2. The second-order valence-corrected chi connectivity index (χ2v) is 7.83. The molecule has 0 spiro atoms. The molecule has 4 fully saturated rings. The number of hydrogen-bond donors (Lipinski definition) is 2. The molecular weight excluding hydrogens is 307 g/mol. The van der Waals surface area contributed by atoms with Crippen LogP contribution in [0.1, 0.15) is 44.2 Å². The molecule has 4 nitrogen and oxygen atoms in total. The van der Waals surface area contributed by atoms with Crippen molar-refractivity contribution in [2.45, 2.75) is 56.7 Å². The van der Waals surface area contributed by atoms with Crippen LogP contribution in [-0.4, -0.2) is 27.8 Å². The fourth-order valence-corrected chi connectivity index (χ4v) is 5.64. The fourth-order valence-electron chi connectivity index (χ4n) is 5.64. The zero-order chi connectivity index (χ0) is 16.3. The lowest BCUT2D eigenvalue weighted by molar-refractivity contribution is -0.278. The highest BCUT2D eigenvalue weighted by molar-refractivity contribution is 5.79. The number of aromatic nitrogens is 2. The van der Waals surface area contributed by atoms with Gasteiger partial charge in [0.05, 0.1) is 11.8 Å². The number of amides is 1. The van der Waals surface area contributed by atoms with Crippen LogP contribution in [0.2, 0.25) is 0 Å². The summed E-state index contributed by atoms with van der Waals surface area (Å²) in [5.41, 5.74) is -1.58. The molecule has 7 heteroatoms. The first kappa shape index (κ1) is 15.0. The van der Waals surface area contributed by atoms with Gasteiger partial charge >= 0.3 is 6.18 Å². The monoisotopic (exact) mass is 327 g/mol. The van der Waals surface area contributed by atoms with E-state index in [1.54, 1.807) is 12.3 Å². The third-order valence-electron chi connectivity index (χ3n) is 5.98. The first-order valence-electron chi connectivity index (χ1n) is 8.15. The van der Waals surface area contributed by atoms with Crippen LogP contribution in [0.25, 0.3) is 0 Å². The quantitative estimate of drug-likeness (QED) is 0.897. The van der Waals surface area contributed by atoms with E-state index in [-0.39, 0.29) is 43.4 Å². The Bertz CT molecular complexity index is 597. The van der Waals surface area contributed by atoms with Crippen LogP contribution in [0.3, 0.4) is 0 Å². The second-order valence-electron chi connectivity index (χ2n) is 7.83. The molecule has 2 N–H and O–H groups in total. The lowest BCUT2D eigenvalue weighted by atomic mass is 9.46. The molecule has 2 unspecified atom stereocenters. The maximum absolute atomic E-state index is 13.7. The maximum atomic E-state index is 13.7. The molecule has 4 aliphatic rings. The molecule has 5 rings (SSSR count). The lowest BCUT2D eigenvalue weighted by Gasteiger charge is -2.62. The van der Waals surface area contributed by atoms with Crippen molar-refractivity contribution in [2.24, 2.45) is 17.3 Å². The molecule has 4 aliphatic carbocycles. The average molecular weight is 327 g/mol. The first-order valence-corrected chi connectivity index (χ1v) is 8.15. The van der Waals surface area contributed by atoms with Gasteiger partial charge in [-0.2, -0.15) is 18.3 Å². The van der Waals surface area contributed by atoms with Crippen LogP contribution in [0.15, 0.2) is 12.3 Å². The minimum Gasteiger partial charge on any atom is -0.350 e. The topological polar surface area (TPSA) is 57.8 Å². The van der Waals surface area contributed by atoms with Gasteiger partial charge < -0.3 is 5.32 Å². The summed E-state index contributed by atoms with van der Waals surface area (Å²) in [6.45, 7) is 0. The molecule has 4 saturated carbocycles. The molecular formula is C16H20F3N3O. The molecule has 1 heterocycles. The van der Waals surface area contributed by atoms with Crippen molar-refractivity contribution < 1.29 is 18.0 Å². The number of aromatic amines is 1. The Morgan fingerprint density at radius 2 is 2.00 bits per heavy atom. The molecule has 0 aliphatic heterocycles. The van der Waals surface area contributed by atoms with E-state index in [9.17, 15) is 18.0 Å². The van der Waals surface area contributed by atoms with E-state index in [1.807, 2.05) is 0 Å². The molecule has 4 atom stereocenters. The first-order chi connectivity index (χ1) is 10.8. The van der Waals surface area contributed by atoms with Crippen LogP contribution in [0.4, 0.5) is 13.2 Å². The molecule has 0 aromatic carbocycles. The number of carbonyl (C=O) groups excluding carboxylic acids is 1. The van der Waals surface area contributed by atoms with Crippen LogP contribution in [0.5, 0.6) is 0 Å². The van der Waals surface area contributed by atoms with Gasteiger partial charge in [-0.25, -0.2) is 0 Å². The van der Waals surface area contributed by atoms with E-state index in [2.05, 4.69) is 15.5 Å². The van der Waals surface area contributed by atoms with Crippen molar-refractivity contribution in [1.29, 1.82) is 0 Å². The summed E-state index contributed by atoms with van der Waals surface area (Å²) >= 11 is 0. The summed E-state index contributed by atoms with van der Waals surface area (Å²) in [5.74, 6) is -0.0378. The lowest BCUT2D eigenvalue weighted by Crippen LogP contribution is -2.66. The van der Waals surface area contributed by atoms with Gasteiger partial charge in [0.2, 0.25) is 5.91 Å². The summed E-state index contributed by atoms with van der Waals surface area (Å²) in [6.07, 6.45) is 0.315. The van der Waals surface area contributed by atoms with E-state index in [0.29, 0.717) is 18.5 Å². The summed E-state index contributed by atoms with van der Waals surface area (Å²) < 4.78 is 41.1. The molecule has 0 saturated heterocycles. The Labute approximate surface area is 132 Å². The van der Waals surface area contributed by atoms with Crippen molar-refractivity contribution >= 4 is 5.91 Å². The molecule has 23 heavy (non-hydrogen) atoms. The number of nitrogens with zero attached hydrogens (tertiary/aromatic N) is 1. The van der Waals surface area contributed by atoms with Crippen molar-refractivity contribution in [3.8, 4) is 0 Å². The van der Waals surface area contributed by atoms with Gasteiger partial charge in [-0.3, -0.25) is 9.89 Å². The molecule has 4 bridgehead atoms. The number of halogens is 3. The summed E-state index contributed by atoms with van der Waals surface area (Å²) in [5, 5.41) is 9.48. The van der Waals surface area contributed by atoms with Crippen LogP contribution in [0, 0.1) is 17.3 Å². The minimum absolute atomic E-state index is 0.0468. The van der Waals surface area contributed by atoms with Gasteiger partial charge in [-0.05, 0) is 56.4 Å². The highest BCUT2D eigenvalue weighted by atomic mass is 19.4. The highest BCUT2D eigenvalue weighted by Gasteiger charge is 2.67. The van der Waals surface area contributed by atoms with Crippen LogP contribution >= 0.6 is 0 Å². The van der Waals surface area contributed by atoms with E-state index in [4.69, 9.17) is 0 Å². The summed E-state index contributed by atoms with van der Waals surface area (Å²) in [6, 6.07) is 1.70. The Balaban J connectivity index is 1.55. The third-order valence-corrected chi connectivity index (χ3v) is 5.98. The van der Waals surface area contributed by atoms with Gasteiger partial charge in [-0.1, -0.05) is 0 Å². The summed E-state index contributed by atoms with van der Waals surface area (Å²) in [7, 11) is 0. The molecule has 1 aromatic heterocycles. The standard InChI is InChI=1S/C16H20F3N3O/c17-16(18,19)14-5-10-3-11(6-14)8-15(7-10,9-14)21-13(23)4-12-1-2-20-22-12/h1-2,10-11H,3-9H2,(H,20,22)(H,21,23)/t10-,11+,14?,15?. The summed E-state index contributed by atoms with van der Waals surface area (Å²) in [4.78, 5) is 12.3. The van der Waals surface area contributed by atoms with E-state index in [0.717, 1.165) is 6.42 Å². The second kappa shape index (κ2) is 4.74. The Morgan fingerprint density at radius 3 is 2.57 bits per heavy atom. The van der Waals surface area contributed by atoms with Gasteiger partial charge in [-0.15, -0.1) is 0 Å². The van der Waals surface area contributed by atoms with Crippen molar-refractivity contribution in [3.05, 3.63) is 18.0 Å². The number of H-pyrrole nitrogens is 1. The predicted molar refractivity (Wildman–Crippen MR) is 76.3 cm³/mol. The fraction of sp³-hybridized carbons (Fsp3) is 0.750. The van der Waals surface area contributed by atoms with E-state index in [1.165, 1.54) is 0 Å². The zero-order valence-electron chi connectivity index (χ0n) is 12.7. The number of rotatable bonds is 3. The van der Waals surface area contributed by atoms with E-state index < -0.39 is 17.1 Å². The van der Waals surface area contributed by atoms with Crippen molar-refractivity contribution in [1.82, 2.24) is 15.5 Å². The van der Waals surface area contributed by atoms with Crippen LogP contribution in [-0.2, 0) is 11.2 Å². The molecule has 0 radical (unpaired) electrons. The highest BCUT2D eigenvalue weighted by Crippen LogP contribution is 2.66. The Kier molecular flexibility index (Phi) is 3.09. The molecule has 1 amide bonds. The van der Waals surface area contributed by atoms with Gasteiger partial charge in [0.1, 0.15) is 0 Å². The van der Waals surface area contributed by atoms with Crippen molar-refractivity contribution in [2.75, 3.05) is 0 Å². The minimum atomic E-state index is -4.18. The Hall–Kier alpha value is -1.53. The largest absolute Gasteiger partial charge is 0.394 e. The molecule has 1 aromatic rings. The zero-order valence-corrected chi connectivity index (χ0v) is 12.7. The third kappa shape index (κ3) is 2.44. The van der Waals surface area contributed by atoms with Crippen LogP contribution < -0.4 is 5.32 Å². The number of alkyl halides is 3.